The van der Waals surface area contributed by atoms with Gasteiger partial charge in [0.2, 0.25) is 0 Å². The van der Waals surface area contributed by atoms with Gasteiger partial charge in [0.1, 0.15) is 0 Å². The number of alkyl halides is 1. The molecule has 0 aliphatic carbocycles. The van der Waals surface area contributed by atoms with Crippen LogP contribution in [0.5, 0.6) is 0 Å². The number of likely N-dealkylation sites (tertiary alicyclic amines) is 1. The summed E-state index contributed by atoms with van der Waals surface area (Å²) in [7, 11) is 0. The molecule has 1 atom stereocenters. The molecular formula is C16H22BrNO. The zero-order valence-corrected chi connectivity index (χ0v) is 13.4. The Balaban J connectivity index is 2.20. The van der Waals surface area contributed by atoms with E-state index in [4.69, 9.17) is 0 Å². The van der Waals surface area contributed by atoms with Gasteiger partial charge in [-0.1, -0.05) is 33.1 Å². The second-order valence-corrected chi connectivity index (χ2v) is 6.30. The number of hydrogen-bond acceptors (Lipinski definition) is 1. The van der Waals surface area contributed by atoms with Gasteiger partial charge >= 0.3 is 0 Å². The SMILES string of the molecule is Cc1cc(C)cc(C(=O)N2CCCCC2CCBr)c1. The highest BCUT2D eigenvalue weighted by Gasteiger charge is 2.26. The minimum absolute atomic E-state index is 0.206. The molecule has 0 saturated carbocycles. The second kappa shape index (κ2) is 6.56. The van der Waals surface area contributed by atoms with E-state index in [0.717, 1.165) is 47.8 Å². The summed E-state index contributed by atoms with van der Waals surface area (Å²) in [5.41, 5.74) is 3.17. The number of carbonyl (C=O) groups is 1. The van der Waals surface area contributed by atoms with Crippen LogP contribution in [0, 0.1) is 13.8 Å². The zero-order chi connectivity index (χ0) is 13.8. The summed E-state index contributed by atoms with van der Waals surface area (Å²) in [5, 5.41) is 0.967. The number of amides is 1. The summed E-state index contributed by atoms with van der Waals surface area (Å²) >= 11 is 3.50. The lowest BCUT2D eigenvalue weighted by Crippen LogP contribution is -2.44. The molecule has 0 bridgehead atoms. The van der Waals surface area contributed by atoms with Crippen molar-refractivity contribution >= 4 is 21.8 Å². The van der Waals surface area contributed by atoms with Crippen LogP contribution in [0.25, 0.3) is 0 Å². The van der Waals surface area contributed by atoms with E-state index in [1.54, 1.807) is 0 Å². The number of aryl methyl sites for hydroxylation is 2. The predicted octanol–water partition coefficient (Wildman–Crippen LogP) is 4.08. The Morgan fingerprint density at radius 2 is 1.95 bits per heavy atom. The summed E-state index contributed by atoms with van der Waals surface area (Å²) in [6.07, 6.45) is 4.57. The first kappa shape index (κ1) is 14.6. The summed E-state index contributed by atoms with van der Waals surface area (Å²) in [6.45, 7) is 5.01. The van der Waals surface area contributed by atoms with Crippen molar-refractivity contribution in [3.05, 3.63) is 34.9 Å². The van der Waals surface area contributed by atoms with Crippen molar-refractivity contribution in [2.24, 2.45) is 0 Å². The fourth-order valence-corrected chi connectivity index (χ4v) is 3.49. The molecular weight excluding hydrogens is 302 g/mol. The minimum Gasteiger partial charge on any atom is -0.336 e. The van der Waals surface area contributed by atoms with Gasteiger partial charge in [-0.05, 0) is 51.7 Å². The lowest BCUT2D eigenvalue weighted by molar-refractivity contribution is 0.0610. The molecule has 0 spiro atoms. The molecule has 1 unspecified atom stereocenters. The molecule has 0 N–H and O–H groups in total. The van der Waals surface area contributed by atoms with Gasteiger partial charge in [0.25, 0.3) is 5.91 Å². The number of hydrogen-bond donors (Lipinski definition) is 0. The molecule has 1 saturated heterocycles. The van der Waals surface area contributed by atoms with Crippen molar-refractivity contribution in [2.75, 3.05) is 11.9 Å². The Hall–Kier alpha value is -0.830. The van der Waals surface area contributed by atoms with Crippen LogP contribution in [-0.2, 0) is 0 Å². The van der Waals surface area contributed by atoms with E-state index in [0.29, 0.717) is 6.04 Å². The van der Waals surface area contributed by atoms with Crippen LogP contribution in [0.1, 0.15) is 47.2 Å². The normalized spacial score (nSPS) is 19.5. The fourth-order valence-electron chi connectivity index (χ4n) is 2.96. The van der Waals surface area contributed by atoms with Gasteiger partial charge in [-0.3, -0.25) is 4.79 Å². The highest BCUT2D eigenvalue weighted by molar-refractivity contribution is 9.09. The average Bonchev–Trinajstić information content (AvgIpc) is 2.38. The molecule has 1 aromatic rings. The highest BCUT2D eigenvalue weighted by atomic mass is 79.9. The Bertz CT molecular complexity index is 436. The van der Waals surface area contributed by atoms with Crippen LogP contribution in [0.15, 0.2) is 18.2 Å². The van der Waals surface area contributed by atoms with Crippen molar-refractivity contribution in [1.82, 2.24) is 4.90 Å². The van der Waals surface area contributed by atoms with Crippen molar-refractivity contribution in [2.45, 2.75) is 45.6 Å². The van der Waals surface area contributed by atoms with Gasteiger partial charge in [-0.15, -0.1) is 0 Å². The highest BCUT2D eigenvalue weighted by Crippen LogP contribution is 2.23. The van der Waals surface area contributed by atoms with Crippen LogP contribution < -0.4 is 0 Å². The number of piperidine rings is 1. The van der Waals surface area contributed by atoms with Crippen LogP contribution >= 0.6 is 15.9 Å². The van der Waals surface area contributed by atoms with E-state index < -0.39 is 0 Å². The third-order valence-corrected chi connectivity index (χ3v) is 4.26. The lowest BCUT2D eigenvalue weighted by Gasteiger charge is -2.35. The average molecular weight is 324 g/mol. The lowest BCUT2D eigenvalue weighted by atomic mass is 9.98. The van der Waals surface area contributed by atoms with E-state index in [2.05, 4.69) is 40.7 Å². The number of rotatable bonds is 3. The Kier molecular flexibility index (Phi) is 5.03. The maximum Gasteiger partial charge on any atom is 0.254 e. The van der Waals surface area contributed by atoms with Gasteiger partial charge in [0.15, 0.2) is 0 Å². The first-order valence-electron chi connectivity index (χ1n) is 7.07. The van der Waals surface area contributed by atoms with Gasteiger partial charge < -0.3 is 4.90 Å². The Labute approximate surface area is 124 Å². The fraction of sp³-hybridized carbons (Fsp3) is 0.562. The number of halogens is 1. The van der Waals surface area contributed by atoms with Crippen molar-refractivity contribution in [3.63, 3.8) is 0 Å². The summed E-state index contributed by atoms with van der Waals surface area (Å²) < 4.78 is 0. The number of nitrogens with zero attached hydrogens (tertiary/aromatic N) is 1. The van der Waals surface area contributed by atoms with Crippen LogP contribution in [-0.4, -0.2) is 28.7 Å². The largest absolute Gasteiger partial charge is 0.336 e. The topological polar surface area (TPSA) is 20.3 Å². The molecule has 2 rings (SSSR count). The Morgan fingerprint density at radius 1 is 1.26 bits per heavy atom. The molecule has 0 aromatic heterocycles. The summed E-state index contributed by atoms with van der Waals surface area (Å²) in [6, 6.07) is 6.54. The Morgan fingerprint density at radius 3 is 2.58 bits per heavy atom. The zero-order valence-electron chi connectivity index (χ0n) is 11.8. The van der Waals surface area contributed by atoms with Crippen LogP contribution in [0.3, 0.4) is 0 Å². The van der Waals surface area contributed by atoms with E-state index in [9.17, 15) is 4.79 Å². The first-order chi connectivity index (χ1) is 9.11. The molecule has 1 aromatic carbocycles. The van der Waals surface area contributed by atoms with Crippen molar-refractivity contribution < 1.29 is 4.79 Å². The molecule has 1 heterocycles. The van der Waals surface area contributed by atoms with E-state index in [-0.39, 0.29) is 5.91 Å². The predicted molar refractivity (Wildman–Crippen MR) is 83.0 cm³/mol. The third kappa shape index (κ3) is 3.59. The standard InChI is InChI=1S/C16H22BrNO/c1-12-9-13(2)11-14(10-12)16(19)18-8-4-3-5-15(18)6-7-17/h9-11,15H,3-8H2,1-2H3. The molecule has 1 fully saturated rings. The van der Waals surface area contributed by atoms with Crippen molar-refractivity contribution in [1.29, 1.82) is 0 Å². The molecule has 1 aliphatic heterocycles. The maximum atomic E-state index is 12.7. The van der Waals surface area contributed by atoms with Gasteiger partial charge in [-0.25, -0.2) is 0 Å². The quantitative estimate of drug-likeness (QED) is 0.767. The summed E-state index contributed by atoms with van der Waals surface area (Å²) in [5.74, 6) is 0.206. The molecule has 104 valence electrons. The molecule has 2 nitrogen and oxygen atoms in total. The van der Waals surface area contributed by atoms with Crippen LogP contribution in [0.2, 0.25) is 0 Å². The number of benzene rings is 1. The smallest absolute Gasteiger partial charge is 0.254 e. The maximum absolute atomic E-state index is 12.7. The monoisotopic (exact) mass is 323 g/mol. The van der Waals surface area contributed by atoms with Gasteiger partial charge in [0.05, 0.1) is 0 Å². The van der Waals surface area contributed by atoms with E-state index in [1.807, 2.05) is 12.1 Å². The first-order valence-corrected chi connectivity index (χ1v) is 8.19. The molecule has 19 heavy (non-hydrogen) atoms. The van der Waals surface area contributed by atoms with Crippen LogP contribution in [0.4, 0.5) is 0 Å². The molecule has 1 aliphatic rings. The summed E-state index contributed by atoms with van der Waals surface area (Å²) in [4.78, 5) is 14.8. The van der Waals surface area contributed by atoms with Gasteiger partial charge in [0, 0.05) is 23.5 Å². The third-order valence-electron chi connectivity index (χ3n) is 3.80. The number of carbonyl (C=O) groups excluding carboxylic acids is 1. The molecule has 3 heteroatoms. The minimum atomic E-state index is 0.206. The van der Waals surface area contributed by atoms with Crippen molar-refractivity contribution in [3.8, 4) is 0 Å². The van der Waals surface area contributed by atoms with E-state index >= 15 is 0 Å². The van der Waals surface area contributed by atoms with Gasteiger partial charge in [-0.2, -0.15) is 0 Å². The van der Waals surface area contributed by atoms with E-state index in [1.165, 1.54) is 6.42 Å². The second-order valence-electron chi connectivity index (χ2n) is 5.50. The molecule has 0 radical (unpaired) electrons. The molecule has 1 amide bonds.